The molecule has 3 N–H and O–H groups in total. The van der Waals surface area contributed by atoms with Gasteiger partial charge in [-0.2, -0.15) is 0 Å². The monoisotopic (exact) mass is 346 g/mol. The zero-order valence-corrected chi connectivity index (χ0v) is 14.9. The Balaban J connectivity index is 1.70. The fourth-order valence-corrected chi connectivity index (χ4v) is 4.32. The highest BCUT2D eigenvalue weighted by atomic mass is 32.2. The molecule has 0 aliphatic carbocycles. The van der Waals surface area contributed by atoms with Crippen molar-refractivity contribution in [2.45, 2.75) is 11.8 Å². The zero-order chi connectivity index (χ0) is 16.1. The molecule has 0 saturated heterocycles. The summed E-state index contributed by atoms with van der Waals surface area (Å²) < 4.78 is 0. The van der Waals surface area contributed by atoms with E-state index in [2.05, 4.69) is 40.7 Å². The van der Waals surface area contributed by atoms with Gasteiger partial charge in [-0.15, -0.1) is 23.1 Å². The topological polar surface area (TPSA) is 51.1 Å². The Morgan fingerprint density at radius 3 is 3.04 bits per heavy atom. The van der Waals surface area contributed by atoms with Gasteiger partial charge < -0.3 is 15.5 Å². The molecule has 2 heterocycles. The first-order chi connectivity index (χ1) is 11.3. The molecule has 6 heteroatoms. The molecule has 0 amide bonds. The van der Waals surface area contributed by atoms with Gasteiger partial charge in [0.2, 0.25) is 0 Å². The van der Waals surface area contributed by atoms with Crippen LogP contribution in [-0.4, -0.2) is 37.8 Å². The Hall–Kier alpha value is -1.50. The second kappa shape index (κ2) is 7.86. The number of anilines is 2. The summed E-state index contributed by atoms with van der Waals surface area (Å²) in [5.41, 5.74) is 2.30. The van der Waals surface area contributed by atoms with Crippen molar-refractivity contribution in [3.05, 3.63) is 40.6 Å². The molecule has 1 aliphatic rings. The van der Waals surface area contributed by atoms with Crippen LogP contribution in [0.4, 0.5) is 11.4 Å². The molecule has 1 aromatic heterocycles. The van der Waals surface area contributed by atoms with E-state index in [0.29, 0.717) is 5.84 Å². The van der Waals surface area contributed by atoms with Crippen molar-refractivity contribution >= 4 is 40.3 Å². The maximum absolute atomic E-state index is 8.15. The van der Waals surface area contributed by atoms with E-state index >= 15 is 0 Å². The van der Waals surface area contributed by atoms with Crippen molar-refractivity contribution in [2.75, 3.05) is 42.1 Å². The van der Waals surface area contributed by atoms with E-state index in [1.807, 2.05) is 29.3 Å². The summed E-state index contributed by atoms with van der Waals surface area (Å²) in [7, 11) is 0. The van der Waals surface area contributed by atoms with Crippen LogP contribution in [0.5, 0.6) is 0 Å². The molecule has 0 atom stereocenters. The molecule has 0 fully saturated rings. The largest absolute Gasteiger partial charge is 0.369 e. The number of fused-ring (bicyclic) bond motifs is 1. The third kappa shape index (κ3) is 4.07. The van der Waals surface area contributed by atoms with Gasteiger partial charge in [0.15, 0.2) is 0 Å². The first-order valence-corrected chi connectivity index (χ1v) is 9.76. The molecule has 23 heavy (non-hydrogen) atoms. The summed E-state index contributed by atoms with van der Waals surface area (Å²) in [6.45, 7) is 6.31. The second-order valence-corrected chi connectivity index (χ2v) is 7.43. The number of benzene rings is 1. The van der Waals surface area contributed by atoms with Gasteiger partial charge in [0.25, 0.3) is 0 Å². The van der Waals surface area contributed by atoms with E-state index in [4.69, 9.17) is 5.41 Å². The minimum atomic E-state index is 0.463. The highest BCUT2D eigenvalue weighted by molar-refractivity contribution is 7.99. The van der Waals surface area contributed by atoms with Crippen LogP contribution in [0.15, 0.2) is 40.6 Å². The SMILES string of the molecule is CCNCCN1CCSc2cc(NC(=N)c3cccs3)ccc21. The normalized spacial score (nSPS) is 13.7. The lowest BCUT2D eigenvalue weighted by Crippen LogP contribution is -2.35. The number of rotatable bonds is 6. The van der Waals surface area contributed by atoms with Gasteiger partial charge in [0.1, 0.15) is 5.84 Å². The second-order valence-electron chi connectivity index (χ2n) is 5.35. The Morgan fingerprint density at radius 2 is 2.26 bits per heavy atom. The third-order valence-corrected chi connectivity index (χ3v) is 5.68. The summed E-state index contributed by atoms with van der Waals surface area (Å²) in [4.78, 5) is 4.71. The van der Waals surface area contributed by atoms with Crippen LogP contribution in [0.2, 0.25) is 0 Å². The number of thiophene rings is 1. The molecule has 4 nitrogen and oxygen atoms in total. The number of nitrogens with one attached hydrogen (secondary N) is 3. The van der Waals surface area contributed by atoms with Crippen LogP contribution in [0.1, 0.15) is 11.8 Å². The maximum Gasteiger partial charge on any atom is 0.140 e. The van der Waals surface area contributed by atoms with Crippen LogP contribution in [-0.2, 0) is 0 Å². The van der Waals surface area contributed by atoms with Gasteiger partial charge in [-0.05, 0) is 36.2 Å². The first kappa shape index (κ1) is 16.4. The van der Waals surface area contributed by atoms with Gasteiger partial charge in [-0.25, -0.2) is 0 Å². The summed E-state index contributed by atoms with van der Waals surface area (Å²) in [5.74, 6) is 1.58. The molecule has 0 unspecified atom stereocenters. The predicted molar refractivity (Wildman–Crippen MR) is 103 cm³/mol. The fourth-order valence-electron chi connectivity index (χ4n) is 2.60. The van der Waals surface area contributed by atoms with Crippen LogP contribution < -0.4 is 15.5 Å². The quantitative estimate of drug-likeness (QED) is 0.424. The summed E-state index contributed by atoms with van der Waals surface area (Å²) in [6, 6.07) is 10.4. The van der Waals surface area contributed by atoms with Crippen molar-refractivity contribution in [3.63, 3.8) is 0 Å². The molecule has 0 bridgehead atoms. The Labute approximate surface area is 145 Å². The number of likely N-dealkylation sites (N-methyl/N-ethyl adjacent to an activating group) is 1. The minimum Gasteiger partial charge on any atom is -0.369 e. The molecule has 0 spiro atoms. The number of nitrogens with zero attached hydrogens (tertiary/aromatic N) is 1. The Kier molecular flexibility index (Phi) is 5.59. The molecule has 122 valence electrons. The van der Waals surface area contributed by atoms with E-state index in [0.717, 1.165) is 42.5 Å². The average Bonchev–Trinajstić information content (AvgIpc) is 3.09. The van der Waals surface area contributed by atoms with Crippen molar-refractivity contribution in [1.29, 1.82) is 5.41 Å². The minimum absolute atomic E-state index is 0.463. The predicted octanol–water partition coefficient (Wildman–Crippen LogP) is 3.71. The lowest BCUT2D eigenvalue weighted by molar-refractivity contribution is 0.685. The summed E-state index contributed by atoms with van der Waals surface area (Å²) in [5, 5.41) is 16.7. The van der Waals surface area contributed by atoms with Crippen LogP contribution in [0.3, 0.4) is 0 Å². The van der Waals surface area contributed by atoms with Crippen molar-refractivity contribution in [1.82, 2.24) is 5.32 Å². The van der Waals surface area contributed by atoms with E-state index in [-0.39, 0.29) is 0 Å². The number of amidine groups is 1. The van der Waals surface area contributed by atoms with E-state index in [1.54, 1.807) is 11.3 Å². The van der Waals surface area contributed by atoms with E-state index in [9.17, 15) is 0 Å². The Morgan fingerprint density at radius 1 is 1.35 bits per heavy atom. The number of hydrogen-bond donors (Lipinski definition) is 3. The average molecular weight is 347 g/mol. The third-order valence-electron chi connectivity index (χ3n) is 3.76. The number of hydrogen-bond acceptors (Lipinski definition) is 5. The molecule has 1 aliphatic heterocycles. The van der Waals surface area contributed by atoms with Crippen LogP contribution in [0.25, 0.3) is 0 Å². The standard InChI is InChI=1S/C17H22N4S2/c1-2-19-7-8-21-9-11-23-16-12-13(5-6-14(16)21)20-17(18)15-4-3-10-22-15/h3-6,10,12,19H,2,7-9,11H2,1H3,(H2,18,20). The van der Waals surface area contributed by atoms with Gasteiger partial charge in [-0.1, -0.05) is 13.0 Å². The van der Waals surface area contributed by atoms with Crippen molar-refractivity contribution in [3.8, 4) is 0 Å². The van der Waals surface area contributed by atoms with Gasteiger partial charge in [0, 0.05) is 36.0 Å². The lowest BCUT2D eigenvalue weighted by atomic mass is 10.2. The molecule has 0 radical (unpaired) electrons. The van der Waals surface area contributed by atoms with Crippen molar-refractivity contribution < 1.29 is 0 Å². The Bertz CT molecular complexity index is 655. The fraction of sp³-hybridized carbons (Fsp3) is 0.353. The van der Waals surface area contributed by atoms with Gasteiger partial charge in [0.05, 0.1) is 10.6 Å². The van der Waals surface area contributed by atoms with Gasteiger partial charge in [-0.3, -0.25) is 5.41 Å². The van der Waals surface area contributed by atoms with E-state index < -0.39 is 0 Å². The summed E-state index contributed by atoms with van der Waals surface area (Å²) in [6.07, 6.45) is 0. The van der Waals surface area contributed by atoms with E-state index in [1.165, 1.54) is 10.6 Å². The van der Waals surface area contributed by atoms with Crippen molar-refractivity contribution in [2.24, 2.45) is 0 Å². The lowest BCUT2D eigenvalue weighted by Gasteiger charge is -2.31. The first-order valence-electron chi connectivity index (χ1n) is 7.90. The van der Waals surface area contributed by atoms with Gasteiger partial charge >= 0.3 is 0 Å². The zero-order valence-electron chi connectivity index (χ0n) is 13.3. The molecule has 1 aromatic carbocycles. The molecule has 2 aromatic rings. The van der Waals surface area contributed by atoms with Crippen LogP contribution >= 0.6 is 23.1 Å². The molecular formula is C17H22N4S2. The number of thioether (sulfide) groups is 1. The van der Waals surface area contributed by atoms with Crippen LogP contribution in [0, 0.1) is 5.41 Å². The maximum atomic E-state index is 8.15. The smallest absolute Gasteiger partial charge is 0.140 e. The molecule has 3 rings (SSSR count). The molecule has 0 saturated carbocycles. The highest BCUT2D eigenvalue weighted by Crippen LogP contribution is 2.36. The highest BCUT2D eigenvalue weighted by Gasteiger charge is 2.17. The molecular weight excluding hydrogens is 324 g/mol. The summed E-state index contributed by atoms with van der Waals surface area (Å²) >= 11 is 3.48.